The standard InChI is InChI=1S/C63H38N4O2/c1-4-13-39(14-5-1)41-23-25-43(26-24-41)62-64-61(42-17-8-3-9-18-42)65-63(66-62)52-20-12-22-56-60(52)51-32-28-46(37-58(51)68-56)45-27-31-49-50-33-30-47(38-59(50)69-57(49)36-45)67-54-21-11-10-19-48(54)53-35-44(29-34-55(53)67)40-15-6-2-7-16-40/h1-38H. The second-order valence-electron chi connectivity index (χ2n) is 17.6. The first-order valence-corrected chi connectivity index (χ1v) is 23.2. The van der Waals surface area contributed by atoms with Crippen molar-refractivity contribution in [2.24, 2.45) is 0 Å². The summed E-state index contributed by atoms with van der Waals surface area (Å²) >= 11 is 0. The smallest absolute Gasteiger partial charge is 0.164 e. The van der Waals surface area contributed by atoms with Gasteiger partial charge >= 0.3 is 0 Å². The zero-order chi connectivity index (χ0) is 45.4. The Bertz CT molecular complexity index is 4290. The van der Waals surface area contributed by atoms with Gasteiger partial charge in [0.2, 0.25) is 0 Å². The minimum Gasteiger partial charge on any atom is -0.456 e. The van der Waals surface area contributed by atoms with Crippen molar-refractivity contribution in [3.63, 3.8) is 0 Å². The maximum Gasteiger partial charge on any atom is 0.164 e. The Morgan fingerprint density at radius 2 is 0.754 bits per heavy atom. The lowest BCUT2D eigenvalue weighted by Gasteiger charge is -2.10. The molecule has 4 heterocycles. The first-order valence-electron chi connectivity index (χ1n) is 23.2. The van der Waals surface area contributed by atoms with Crippen LogP contribution in [0.3, 0.4) is 0 Å². The lowest BCUT2D eigenvalue weighted by molar-refractivity contribution is 0.668. The maximum atomic E-state index is 6.71. The summed E-state index contributed by atoms with van der Waals surface area (Å²) in [6, 6.07) is 80.4. The van der Waals surface area contributed by atoms with Gasteiger partial charge in [-0.05, 0) is 94.0 Å². The molecule has 4 aromatic heterocycles. The molecule has 0 aliphatic carbocycles. The topological polar surface area (TPSA) is 69.9 Å². The molecule has 0 spiro atoms. The van der Waals surface area contributed by atoms with Crippen LogP contribution in [0.25, 0.3) is 139 Å². The Labute approximate surface area is 396 Å². The highest BCUT2D eigenvalue weighted by molar-refractivity contribution is 6.14. The second kappa shape index (κ2) is 15.6. The molecule has 0 fully saturated rings. The van der Waals surface area contributed by atoms with E-state index in [0.29, 0.717) is 17.5 Å². The molecule has 0 radical (unpaired) electrons. The van der Waals surface area contributed by atoms with Crippen LogP contribution >= 0.6 is 0 Å². The number of hydrogen-bond donors (Lipinski definition) is 0. The fourth-order valence-corrected chi connectivity index (χ4v) is 10.1. The summed E-state index contributed by atoms with van der Waals surface area (Å²) in [5.74, 6) is 1.79. The molecule has 6 nitrogen and oxygen atoms in total. The summed E-state index contributed by atoms with van der Waals surface area (Å²) in [7, 11) is 0. The SMILES string of the molecule is c1ccc(-c2ccc(-c3nc(-c4ccccc4)nc(-c4cccc5oc6cc(-c7ccc8c(c7)oc7cc(-n9c%10ccccc%10c%10cc(-c%11ccccc%11)ccc%109)ccc78)ccc6c45)n3)cc2)cc1. The average Bonchev–Trinajstić information content (AvgIpc) is 4.10. The van der Waals surface area contributed by atoms with Gasteiger partial charge in [0.1, 0.15) is 22.3 Å². The molecule has 0 atom stereocenters. The highest BCUT2D eigenvalue weighted by atomic mass is 16.3. The molecular formula is C63H38N4O2. The highest BCUT2D eigenvalue weighted by Gasteiger charge is 2.20. The molecule has 14 rings (SSSR count). The van der Waals surface area contributed by atoms with Crippen molar-refractivity contribution in [3.8, 4) is 73.2 Å². The van der Waals surface area contributed by atoms with Crippen molar-refractivity contribution in [2.75, 3.05) is 0 Å². The number of para-hydroxylation sites is 1. The minimum atomic E-state index is 0.581. The minimum absolute atomic E-state index is 0.581. The van der Waals surface area contributed by atoms with Crippen LogP contribution in [-0.4, -0.2) is 19.5 Å². The fraction of sp³-hybridized carbons (Fsp3) is 0. The van der Waals surface area contributed by atoms with Crippen LogP contribution in [0.1, 0.15) is 0 Å². The largest absolute Gasteiger partial charge is 0.456 e. The van der Waals surface area contributed by atoms with Gasteiger partial charge < -0.3 is 13.4 Å². The summed E-state index contributed by atoms with van der Waals surface area (Å²) in [4.78, 5) is 15.2. The van der Waals surface area contributed by atoms with Gasteiger partial charge in [0.15, 0.2) is 17.5 Å². The normalized spacial score (nSPS) is 11.8. The molecule has 0 unspecified atom stereocenters. The zero-order valence-electron chi connectivity index (χ0n) is 37.0. The lowest BCUT2D eigenvalue weighted by atomic mass is 10.0. The van der Waals surface area contributed by atoms with E-state index in [1.807, 2.05) is 48.5 Å². The Hall–Kier alpha value is -9.39. The van der Waals surface area contributed by atoms with E-state index in [1.54, 1.807) is 0 Å². The van der Waals surface area contributed by atoms with Crippen LogP contribution in [0.5, 0.6) is 0 Å². The first-order chi connectivity index (χ1) is 34.2. The quantitative estimate of drug-likeness (QED) is 0.159. The van der Waals surface area contributed by atoms with E-state index >= 15 is 0 Å². The van der Waals surface area contributed by atoms with Gasteiger partial charge in [-0.25, -0.2) is 15.0 Å². The van der Waals surface area contributed by atoms with E-state index in [-0.39, 0.29) is 0 Å². The number of benzene rings is 10. The molecule has 10 aromatic carbocycles. The van der Waals surface area contributed by atoms with Gasteiger partial charge in [-0.2, -0.15) is 0 Å². The van der Waals surface area contributed by atoms with E-state index in [9.17, 15) is 0 Å². The van der Waals surface area contributed by atoms with Gasteiger partial charge in [-0.3, -0.25) is 0 Å². The van der Waals surface area contributed by atoms with E-state index in [1.165, 1.54) is 21.9 Å². The van der Waals surface area contributed by atoms with Crippen molar-refractivity contribution < 1.29 is 8.83 Å². The average molecular weight is 883 g/mol. The second-order valence-corrected chi connectivity index (χ2v) is 17.6. The number of fused-ring (bicyclic) bond motifs is 9. The van der Waals surface area contributed by atoms with Crippen molar-refractivity contribution in [3.05, 3.63) is 231 Å². The molecule has 0 amide bonds. The Morgan fingerprint density at radius 3 is 1.48 bits per heavy atom. The molecule has 0 saturated carbocycles. The molecule has 14 aromatic rings. The summed E-state index contributed by atoms with van der Waals surface area (Å²) in [5, 5.41) is 6.53. The summed E-state index contributed by atoms with van der Waals surface area (Å²) in [6.45, 7) is 0. The molecule has 322 valence electrons. The molecule has 0 bridgehead atoms. The van der Waals surface area contributed by atoms with E-state index in [4.69, 9.17) is 23.8 Å². The molecule has 0 aliphatic rings. The zero-order valence-corrected chi connectivity index (χ0v) is 37.0. The van der Waals surface area contributed by atoms with Gasteiger partial charge in [0.25, 0.3) is 0 Å². The number of rotatable bonds is 7. The molecule has 6 heteroatoms. The van der Waals surface area contributed by atoms with Crippen LogP contribution < -0.4 is 0 Å². The third-order valence-corrected chi connectivity index (χ3v) is 13.5. The van der Waals surface area contributed by atoms with Crippen LogP contribution in [-0.2, 0) is 0 Å². The molecule has 0 saturated heterocycles. The van der Waals surface area contributed by atoms with Crippen LogP contribution in [0.2, 0.25) is 0 Å². The predicted molar refractivity (Wildman–Crippen MR) is 281 cm³/mol. The van der Waals surface area contributed by atoms with Crippen molar-refractivity contribution in [1.82, 2.24) is 19.5 Å². The van der Waals surface area contributed by atoms with Crippen molar-refractivity contribution in [2.45, 2.75) is 0 Å². The molecule has 0 N–H and O–H groups in total. The summed E-state index contributed by atoms with van der Waals surface area (Å²) in [5.41, 5.74) is 16.0. The van der Waals surface area contributed by atoms with Crippen LogP contribution in [0.4, 0.5) is 0 Å². The summed E-state index contributed by atoms with van der Waals surface area (Å²) < 4.78 is 15.7. The summed E-state index contributed by atoms with van der Waals surface area (Å²) in [6.07, 6.45) is 0. The number of hydrogen-bond acceptors (Lipinski definition) is 5. The number of aromatic nitrogens is 4. The van der Waals surface area contributed by atoms with Gasteiger partial charge in [0, 0.05) is 60.8 Å². The Morgan fingerprint density at radius 1 is 0.275 bits per heavy atom. The maximum absolute atomic E-state index is 6.71. The Kier molecular flexibility index (Phi) is 8.79. The number of nitrogens with zero attached hydrogens (tertiary/aromatic N) is 4. The molecule has 69 heavy (non-hydrogen) atoms. The highest BCUT2D eigenvalue weighted by Crippen LogP contribution is 2.41. The van der Waals surface area contributed by atoms with Crippen molar-refractivity contribution >= 4 is 65.7 Å². The fourth-order valence-electron chi connectivity index (χ4n) is 10.1. The predicted octanol–water partition coefficient (Wildman–Crippen LogP) is 16.8. The van der Waals surface area contributed by atoms with Crippen LogP contribution in [0.15, 0.2) is 239 Å². The van der Waals surface area contributed by atoms with Gasteiger partial charge in [0.05, 0.1) is 11.0 Å². The number of furan rings is 2. The first kappa shape index (κ1) is 38.8. The van der Waals surface area contributed by atoms with Crippen molar-refractivity contribution in [1.29, 1.82) is 0 Å². The monoisotopic (exact) mass is 882 g/mol. The van der Waals surface area contributed by atoms with E-state index < -0.39 is 0 Å². The lowest BCUT2D eigenvalue weighted by Crippen LogP contribution is -2.00. The van der Waals surface area contributed by atoms with Gasteiger partial charge in [-0.15, -0.1) is 0 Å². The molecule has 0 aliphatic heterocycles. The third-order valence-electron chi connectivity index (χ3n) is 13.5. The van der Waals surface area contributed by atoms with E-state index in [0.717, 1.165) is 99.5 Å². The van der Waals surface area contributed by atoms with Crippen LogP contribution in [0, 0.1) is 0 Å². The van der Waals surface area contributed by atoms with Gasteiger partial charge in [-0.1, -0.05) is 164 Å². The molecular weight excluding hydrogens is 845 g/mol. The Balaban J connectivity index is 0.832. The van der Waals surface area contributed by atoms with E-state index in [2.05, 4.69) is 187 Å². The third kappa shape index (κ3) is 6.53.